The maximum absolute atomic E-state index is 14.6. The third kappa shape index (κ3) is 9.87. The van der Waals surface area contributed by atoms with Crippen LogP contribution in [0.2, 0.25) is 0 Å². The zero-order chi connectivity index (χ0) is 28.6. The highest BCUT2D eigenvalue weighted by atomic mass is 19.1. The number of unbranched alkanes of at least 4 members (excludes halogenated alkanes) is 11. The van der Waals surface area contributed by atoms with Crippen LogP contribution in [0.5, 0.6) is 11.5 Å². The van der Waals surface area contributed by atoms with Crippen LogP contribution in [0.1, 0.15) is 114 Å². The lowest BCUT2D eigenvalue weighted by Crippen LogP contribution is -2.31. The summed E-state index contributed by atoms with van der Waals surface area (Å²) in [4.78, 5) is 0. The van der Waals surface area contributed by atoms with E-state index in [1.165, 1.54) is 62.4 Å². The van der Waals surface area contributed by atoms with E-state index in [4.69, 9.17) is 14.6 Å². The number of halogens is 2. The first-order chi connectivity index (χ1) is 19.6. The maximum atomic E-state index is 14.6. The molecule has 0 aromatic heterocycles. The quantitative estimate of drug-likeness (QED) is 0.131. The van der Waals surface area contributed by atoms with Crippen LogP contribution >= 0.6 is 0 Å². The van der Waals surface area contributed by atoms with Crippen LogP contribution in [0.15, 0.2) is 30.3 Å². The highest BCUT2D eigenvalue weighted by molar-refractivity contribution is 5.99. The molecule has 0 saturated carbocycles. The second-order valence-corrected chi connectivity index (χ2v) is 11.0. The Kier molecular flexibility index (Phi) is 14.5. The lowest BCUT2D eigenvalue weighted by atomic mass is 9.91. The fraction of sp³-hybridized carbons (Fsp3) is 0.618. The molecular weight excluding hydrogens is 508 g/mol. The van der Waals surface area contributed by atoms with Gasteiger partial charge in [0.2, 0.25) is 0 Å². The van der Waals surface area contributed by atoms with Gasteiger partial charge >= 0.3 is 0 Å². The number of methoxy groups -OCH3 is 1. The van der Waals surface area contributed by atoms with Crippen molar-refractivity contribution in [1.82, 2.24) is 0 Å². The van der Waals surface area contributed by atoms with Gasteiger partial charge in [-0.15, -0.1) is 0 Å². The van der Waals surface area contributed by atoms with E-state index in [0.717, 1.165) is 87.0 Å². The molecule has 0 fully saturated rings. The molecule has 4 nitrogen and oxygen atoms in total. The molecular formula is C34H50F2NO3+. The highest BCUT2D eigenvalue weighted by Crippen LogP contribution is 2.37. The summed E-state index contributed by atoms with van der Waals surface area (Å²) in [5, 5.41) is 8.94. The molecule has 1 aliphatic heterocycles. The standard InChI is InChI=1S/C34H50F2NO3/c1-3-4-5-6-7-10-13-16-32-29-18-20-33(39-2)34(40-24-15-12-9-8-11-14-23-38)30(29)21-22-37(32)26-27-25-28(35)17-19-31(27)36/h17-20,25,38H,3-16,21-24,26H2,1-2H3/q+1. The molecule has 2 aromatic carbocycles. The molecule has 2 aromatic rings. The summed E-state index contributed by atoms with van der Waals surface area (Å²) in [6.07, 6.45) is 16.6. The number of hydrogen-bond acceptors (Lipinski definition) is 3. The van der Waals surface area contributed by atoms with Gasteiger partial charge in [0, 0.05) is 30.6 Å². The van der Waals surface area contributed by atoms with E-state index in [2.05, 4.69) is 17.6 Å². The number of aliphatic hydroxyl groups is 1. The number of nitrogens with zero attached hydrogens (tertiary/aromatic N) is 1. The van der Waals surface area contributed by atoms with Gasteiger partial charge in [0.25, 0.3) is 0 Å². The Morgan fingerprint density at radius 2 is 1.55 bits per heavy atom. The summed E-state index contributed by atoms with van der Waals surface area (Å²) in [6.45, 7) is 4.23. The van der Waals surface area contributed by atoms with Gasteiger partial charge in [0.15, 0.2) is 23.8 Å². The SMILES string of the molecule is CCCCCCCCCC1=[N+](Cc2cc(F)ccc2F)CCc2c1ccc(OC)c2OCCCCCCCCO. The average molecular weight is 559 g/mol. The van der Waals surface area contributed by atoms with E-state index in [9.17, 15) is 8.78 Å². The largest absolute Gasteiger partial charge is 0.493 e. The molecule has 0 bridgehead atoms. The lowest BCUT2D eigenvalue weighted by Gasteiger charge is -2.23. The van der Waals surface area contributed by atoms with E-state index in [1.54, 1.807) is 7.11 Å². The fourth-order valence-corrected chi connectivity index (χ4v) is 5.68. The zero-order valence-corrected chi connectivity index (χ0v) is 24.8. The minimum Gasteiger partial charge on any atom is -0.493 e. The van der Waals surface area contributed by atoms with Gasteiger partial charge in [-0.1, -0.05) is 71.1 Å². The van der Waals surface area contributed by atoms with Crippen molar-refractivity contribution < 1.29 is 27.9 Å². The summed E-state index contributed by atoms with van der Waals surface area (Å²) in [5.41, 5.74) is 3.89. The molecule has 40 heavy (non-hydrogen) atoms. The number of ether oxygens (including phenoxy) is 2. The fourth-order valence-electron chi connectivity index (χ4n) is 5.68. The van der Waals surface area contributed by atoms with Crippen molar-refractivity contribution in [2.75, 3.05) is 26.9 Å². The van der Waals surface area contributed by atoms with E-state index in [-0.39, 0.29) is 12.4 Å². The summed E-state index contributed by atoms with van der Waals surface area (Å²) in [5.74, 6) is 0.810. The van der Waals surface area contributed by atoms with Gasteiger partial charge in [-0.2, -0.15) is 0 Å². The Morgan fingerprint density at radius 3 is 2.27 bits per heavy atom. The monoisotopic (exact) mass is 558 g/mol. The molecule has 0 atom stereocenters. The van der Waals surface area contributed by atoms with Gasteiger partial charge in [-0.05, 0) is 49.6 Å². The molecule has 0 radical (unpaired) electrons. The minimum atomic E-state index is -0.406. The first kappa shape index (κ1) is 32.0. The van der Waals surface area contributed by atoms with Crippen LogP contribution < -0.4 is 9.47 Å². The second kappa shape index (κ2) is 18.1. The second-order valence-electron chi connectivity index (χ2n) is 11.0. The van der Waals surface area contributed by atoms with Crippen LogP contribution in [0, 0.1) is 11.6 Å². The number of rotatable bonds is 20. The molecule has 0 unspecified atom stereocenters. The molecule has 1 N–H and O–H groups in total. The van der Waals surface area contributed by atoms with Gasteiger partial charge in [0.05, 0.1) is 19.3 Å². The summed E-state index contributed by atoms with van der Waals surface area (Å²) in [7, 11) is 1.68. The normalized spacial score (nSPS) is 13.0. The number of aliphatic hydroxyl groups excluding tert-OH is 1. The predicted octanol–water partition coefficient (Wildman–Crippen LogP) is 8.38. The van der Waals surface area contributed by atoms with E-state index in [1.807, 2.05) is 6.07 Å². The van der Waals surface area contributed by atoms with Crippen molar-refractivity contribution in [2.45, 2.75) is 110 Å². The van der Waals surface area contributed by atoms with Gasteiger partial charge < -0.3 is 14.6 Å². The van der Waals surface area contributed by atoms with Crippen LogP contribution in [-0.4, -0.2) is 42.3 Å². The summed E-state index contributed by atoms with van der Waals surface area (Å²) in [6, 6.07) is 7.83. The Balaban J connectivity index is 1.77. The van der Waals surface area contributed by atoms with Crippen molar-refractivity contribution in [3.8, 4) is 11.5 Å². The maximum Gasteiger partial charge on any atom is 0.184 e. The van der Waals surface area contributed by atoms with Crippen molar-refractivity contribution in [3.05, 3.63) is 58.7 Å². The van der Waals surface area contributed by atoms with Crippen LogP contribution in [0.4, 0.5) is 8.78 Å². The zero-order valence-electron chi connectivity index (χ0n) is 24.8. The van der Waals surface area contributed by atoms with Crippen molar-refractivity contribution >= 4 is 5.71 Å². The van der Waals surface area contributed by atoms with Crippen LogP contribution in [-0.2, 0) is 13.0 Å². The predicted molar refractivity (Wildman–Crippen MR) is 159 cm³/mol. The highest BCUT2D eigenvalue weighted by Gasteiger charge is 2.30. The molecule has 0 aliphatic carbocycles. The lowest BCUT2D eigenvalue weighted by molar-refractivity contribution is -0.546. The van der Waals surface area contributed by atoms with Crippen molar-refractivity contribution in [2.24, 2.45) is 0 Å². The van der Waals surface area contributed by atoms with Crippen molar-refractivity contribution in [3.63, 3.8) is 0 Å². The van der Waals surface area contributed by atoms with E-state index in [0.29, 0.717) is 18.7 Å². The first-order valence-electron chi connectivity index (χ1n) is 15.6. The molecule has 222 valence electrons. The molecule has 0 spiro atoms. The first-order valence-corrected chi connectivity index (χ1v) is 15.6. The van der Waals surface area contributed by atoms with E-state index < -0.39 is 5.82 Å². The molecule has 0 saturated heterocycles. The van der Waals surface area contributed by atoms with E-state index >= 15 is 0 Å². The summed E-state index contributed by atoms with van der Waals surface area (Å²) < 4.78 is 42.9. The van der Waals surface area contributed by atoms with Gasteiger partial charge in [-0.3, -0.25) is 0 Å². The summed E-state index contributed by atoms with van der Waals surface area (Å²) >= 11 is 0. The average Bonchev–Trinajstić information content (AvgIpc) is 2.96. The van der Waals surface area contributed by atoms with Crippen LogP contribution in [0.3, 0.4) is 0 Å². The minimum absolute atomic E-state index is 0.272. The van der Waals surface area contributed by atoms with Gasteiger partial charge in [-0.25, -0.2) is 13.4 Å². The van der Waals surface area contributed by atoms with Crippen LogP contribution in [0.25, 0.3) is 0 Å². The Labute approximate surface area is 240 Å². The molecule has 1 heterocycles. The Hall–Kier alpha value is -2.47. The third-order valence-electron chi connectivity index (χ3n) is 7.95. The molecule has 6 heteroatoms. The Bertz CT molecular complexity index is 1070. The number of fused-ring (bicyclic) bond motifs is 1. The molecule has 0 amide bonds. The molecule has 1 aliphatic rings. The topological polar surface area (TPSA) is 41.7 Å². The third-order valence-corrected chi connectivity index (χ3v) is 7.95. The van der Waals surface area contributed by atoms with Gasteiger partial charge in [0.1, 0.15) is 18.2 Å². The molecule has 3 rings (SSSR count). The number of benzene rings is 2. The smallest absolute Gasteiger partial charge is 0.184 e. The number of hydrogen-bond donors (Lipinski definition) is 1. The van der Waals surface area contributed by atoms with Crippen molar-refractivity contribution in [1.29, 1.82) is 0 Å². The Morgan fingerprint density at radius 1 is 0.850 bits per heavy atom.